The van der Waals surface area contributed by atoms with Crippen LogP contribution in [0.4, 0.5) is 0 Å². The van der Waals surface area contributed by atoms with Crippen LogP contribution >= 0.6 is 22.7 Å². The Morgan fingerprint density at radius 3 is 1.86 bits per heavy atom. The fourth-order valence-electron chi connectivity index (χ4n) is 7.70. The van der Waals surface area contributed by atoms with Crippen LogP contribution < -0.4 is 0 Å². The fraction of sp³-hybridized carbons (Fsp3) is 0. The molecule has 0 atom stereocenters. The monoisotopic (exact) mass is 671 g/mol. The van der Waals surface area contributed by atoms with Gasteiger partial charge in [0, 0.05) is 25.6 Å². The molecule has 0 saturated carbocycles. The summed E-state index contributed by atoms with van der Waals surface area (Å²) >= 11 is 3.49. The zero-order valence-corrected chi connectivity index (χ0v) is 28.2. The third-order valence-corrected chi connectivity index (χ3v) is 12.3. The molecule has 4 heterocycles. The second-order valence-electron chi connectivity index (χ2n) is 12.8. The molecular formula is C45H25N3S2. The van der Waals surface area contributed by atoms with Crippen LogP contribution in [0.5, 0.6) is 0 Å². The predicted molar refractivity (Wildman–Crippen MR) is 214 cm³/mol. The zero-order valence-electron chi connectivity index (χ0n) is 26.6. The Labute approximate surface area is 294 Å². The van der Waals surface area contributed by atoms with Crippen LogP contribution in [0.2, 0.25) is 0 Å². The van der Waals surface area contributed by atoms with Crippen LogP contribution in [-0.2, 0) is 0 Å². The third-order valence-electron chi connectivity index (χ3n) is 10.0. The molecule has 11 rings (SSSR count). The molecule has 0 fully saturated rings. The number of nitrogens with zero attached hydrogens (tertiary/aromatic N) is 3. The van der Waals surface area contributed by atoms with Crippen molar-refractivity contribution in [3.63, 3.8) is 0 Å². The Kier molecular flexibility index (Phi) is 5.99. The zero-order chi connectivity index (χ0) is 32.8. The molecule has 0 aliphatic heterocycles. The first-order valence-corrected chi connectivity index (χ1v) is 18.3. The third kappa shape index (κ3) is 4.11. The van der Waals surface area contributed by atoms with Crippen LogP contribution in [-0.4, -0.2) is 15.0 Å². The number of thiophene rings is 2. The summed E-state index contributed by atoms with van der Waals surface area (Å²) in [5, 5.41) is 11.3. The van der Waals surface area contributed by atoms with Gasteiger partial charge in [-0.15, -0.1) is 22.7 Å². The summed E-state index contributed by atoms with van der Waals surface area (Å²) in [6.07, 6.45) is 1.67. The number of pyridine rings is 1. The molecule has 232 valence electrons. The number of hydrogen-bond acceptors (Lipinski definition) is 5. The van der Waals surface area contributed by atoms with Crippen molar-refractivity contribution in [1.29, 1.82) is 0 Å². The largest absolute Gasteiger partial charge is 0.235 e. The minimum atomic E-state index is 0.878. The van der Waals surface area contributed by atoms with Gasteiger partial charge in [-0.2, -0.15) is 0 Å². The lowest BCUT2D eigenvalue weighted by atomic mass is 9.91. The van der Waals surface area contributed by atoms with Crippen molar-refractivity contribution in [3.05, 3.63) is 152 Å². The first-order chi connectivity index (χ1) is 24.8. The second-order valence-corrected chi connectivity index (χ2v) is 14.8. The number of fused-ring (bicyclic) bond motifs is 12. The van der Waals surface area contributed by atoms with Crippen molar-refractivity contribution in [2.75, 3.05) is 0 Å². The molecule has 0 aliphatic rings. The maximum absolute atomic E-state index is 5.21. The summed E-state index contributed by atoms with van der Waals surface area (Å²) < 4.78 is 3.54. The highest BCUT2D eigenvalue weighted by molar-refractivity contribution is 7.26. The highest BCUT2D eigenvalue weighted by Gasteiger charge is 2.17. The molecule has 0 bridgehead atoms. The number of rotatable bonds is 3. The summed E-state index contributed by atoms with van der Waals surface area (Å²) in [5.74, 6) is 0. The topological polar surface area (TPSA) is 38.7 Å². The lowest BCUT2D eigenvalue weighted by molar-refractivity contribution is 1.22. The van der Waals surface area contributed by atoms with Crippen molar-refractivity contribution in [3.8, 4) is 33.6 Å². The lowest BCUT2D eigenvalue weighted by Gasteiger charge is -2.12. The van der Waals surface area contributed by atoms with Crippen LogP contribution in [0.3, 0.4) is 0 Å². The molecule has 7 aromatic carbocycles. The standard InChI is InChI=1S/C45H25N3S2/c1-2-13-32-30(11-1)31-12-3-4-14-33(31)38-24-27(19-20-34(32)38)26-9-7-10-28(23-26)29-16-8-17-35-36-21-22-39(48-45(36)50-43(29)35)42-44-41(46-25-47-42)37-15-5-6-18-40(37)49-44/h1-25H. The molecular weight excluding hydrogens is 647 g/mol. The van der Waals surface area contributed by atoms with Gasteiger partial charge in [0.1, 0.15) is 16.9 Å². The van der Waals surface area contributed by atoms with Crippen LogP contribution in [0, 0.1) is 0 Å². The molecule has 0 N–H and O–H groups in total. The Morgan fingerprint density at radius 2 is 1.04 bits per heavy atom. The van der Waals surface area contributed by atoms with Crippen LogP contribution in [0.15, 0.2) is 152 Å². The van der Waals surface area contributed by atoms with Crippen LogP contribution in [0.25, 0.3) is 107 Å². The van der Waals surface area contributed by atoms with Crippen molar-refractivity contribution in [2.45, 2.75) is 0 Å². The quantitative estimate of drug-likeness (QED) is 0.176. The lowest BCUT2D eigenvalue weighted by Crippen LogP contribution is -1.88. The van der Waals surface area contributed by atoms with Gasteiger partial charge in [-0.1, -0.05) is 115 Å². The Hall–Kier alpha value is -6.01. The molecule has 0 aliphatic carbocycles. The van der Waals surface area contributed by atoms with E-state index in [1.165, 1.54) is 74.7 Å². The Balaban J connectivity index is 1.04. The molecule has 11 aromatic rings. The number of benzene rings is 7. The smallest absolute Gasteiger partial charge is 0.125 e. The van der Waals surface area contributed by atoms with Gasteiger partial charge in [0.05, 0.1) is 15.9 Å². The summed E-state index contributed by atoms with van der Waals surface area (Å²) in [6, 6.07) is 52.8. The molecule has 3 nitrogen and oxygen atoms in total. The van der Waals surface area contributed by atoms with E-state index in [1.807, 2.05) is 0 Å². The molecule has 4 aromatic heterocycles. The summed E-state index contributed by atoms with van der Waals surface area (Å²) in [6.45, 7) is 0. The van der Waals surface area contributed by atoms with Gasteiger partial charge in [0.25, 0.3) is 0 Å². The first kappa shape index (κ1) is 27.9. The molecule has 0 saturated heterocycles. The first-order valence-electron chi connectivity index (χ1n) is 16.7. The van der Waals surface area contributed by atoms with Gasteiger partial charge >= 0.3 is 0 Å². The fourth-order valence-corrected chi connectivity index (χ4v) is 10.1. The van der Waals surface area contributed by atoms with E-state index in [2.05, 4.69) is 151 Å². The maximum atomic E-state index is 5.21. The van der Waals surface area contributed by atoms with Gasteiger partial charge in [-0.3, -0.25) is 0 Å². The predicted octanol–water partition coefficient (Wildman–Crippen LogP) is 13.1. The van der Waals surface area contributed by atoms with E-state index in [0.717, 1.165) is 31.8 Å². The molecule has 0 unspecified atom stereocenters. The highest BCUT2D eigenvalue weighted by atomic mass is 32.1. The van der Waals surface area contributed by atoms with E-state index < -0.39 is 0 Å². The van der Waals surface area contributed by atoms with E-state index >= 15 is 0 Å². The van der Waals surface area contributed by atoms with Gasteiger partial charge < -0.3 is 0 Å². The summed E-state index contributed by atoms with van der Waals surface area (Å²) in [5.41, 5.74) is 7.60. The van der Waals surface area contributed by atoms with Crippen molar-refractivity contribution in [1.82, 2.24) is 15.0 Å². The summed E-state index contributed by atoms with van der Waals surface area (Å²) in [7, 11) is 0. The van der Waals surface area contributed by atoms with Gasteiger partial charge in [0.15, 0.2) is 0 Å². The van der Waals surface area contributed by atoms with Crippen LogP contribution in [0.1, 0.15) is 0 Å². The maximum Gasteiger partial charge on any atom is 0.125 e. The average Bonchev–Trinajstić information content (AvgIpc) is 3.76. The molecule has 5 heteroatoms. The molecule has 0 amide bonds. The summed E-state index contributed by atoms with van der Waals surface area (Å²) in [4.78, 5) is 15.6. The van der Waals surface area contributed by atoms with E-state index in [-0.39, 0.29) is 0 Å². The minimum Gasteiger partial charge on any atom is -0.235 e. The Morgan fingerprint density at radius 1 is 0.400 bits per heavy atom. The number of hydrogen-bond donors (Lipinski definition) is 0. The Bertz CT molecular complexity index is 3140. The van der Waals surface area contributed by atoms with E-state index in [0.29, 0.717) is 0 Å². The molecule has 0 radical (unpaired) electrons. The van der Waals surface area contributed by atoms with Crippen molar-refractivity contribution in [2.24, 2.45) is 0 Å². The average molecular weight is 672 g/mol. The minimum absolute atomic E-state index is 0.878. The van der Waals surface area contributed by atoms with Gasteiger partial charge in [0.2, 0.25) is 0 Å². The normalized spacial score (nSPS) is 12.0. The van der Waals surface area contributed by atoms with E-state index in [9.17, 15) is 0 Å². The van der Waals surface area contributed by atoms with Gasteiger partial charge in [-0.05, 0) is 84.9 Å². The van der Waals surface area contributed by atoms with E-state index in [1.54, 1.807) is 29.0 Å². The van der Waals surface area contributed by atoms with Gasteiger partial charge in [-0.25, -0.2) is 15.0 Å². The van der Waals surface area contributed by atoms with Crippen molar-refractivity contribution < 1.29 is 0 Å². The van der Waals surface area contributed by atoms with E-state index in [4.69, 9.17) is 9.97 Å². The highest BCUT2D eigenvalue weighted by Crippen LogP contribution is 2.43. The second kappa shape index (κ2) is 10.7. The SMILES string of the molecule is c1cc(-c2ccc3c4ccccc4c4ccccc4c3c2)cc(-c2cccc3c2sc2nc(-c4ncnc5c4sc4ccccc45)ccc23)c1. The molecule has 0 spiro atoms. The molecule has 50 heavy (non-hydrogen) atoms. The number of aromatic nitrogens is 3. The van der Waals surface area contributed by atoms with Crippen molar-refractivity contribution >= 4 is 95.6 Å².